The molecule has 0 heterocycles. The van der Waals surface area contributed by atoms with Gasteiger partial charge in [0.2, 0.25) is 0 Å². The molecule has 0 bridgehead atoms. The molecule has 0 saturated heterocycles. The second-order valence-electron chi connectivity index (χ2n) is 3.65. The van der Waals surface area contributed by atoms with Crippen molar-refractivity contribution in [3.05, 3.63) is 0 Å². The maximum Gasteiger partial charge on any atom is -0.0153 e. The average molecular weight is 144 g/mol. The van der Waals surface area contributed by atoms with E-state index in [0.717, 1.165) is 5.92 Å². The standard InChI is InChI=1S/C8H17P/c1-7-5-3-4-6-8(7,2)9/h7H,3-6,9H2,1-2H3/t7-,8+/m1/s1. The van der Waals surface area contributed by atoms with E-state index < -0.39 is 0 Å². The smallest absolute Gasteiger partial charge is 0.0153 e. The summed E-state index contributed by atoms with van der Waals surface area (Å²) in [6.07, 6.45) is 5.72. The number of rotatable bonds is 0. The first-order valence-electron chi connectivity index (χ1n) is 3.92. The van der Waals surface area contributed by atoms with E-state index in [-0.39, 0.29) is 0 Å². The Kier molecular flexibility index (Phi) is 2.16. The molecule has 0 radical (unpaired) electrons. The molecule has 0 aromatic rings. The summed E-state index contributed by atoms with van der Waals surface area (Å²) in [5, 5.41) is 0.554. The molecule has 1 rings (SSSR count). The fourth-order valence-corrected chi connectivity index (χ4v) is 1.90. The first-order chi connectivity index (χ1) is 4.13. The minimum absolute atomic E-state index is 0.554. The van der Waals surface area contributed by atoms with Crippen molar-refractivity contribution in [1.29, 1.82) is 0 Å². The maximum absolute atomic E-state index is 3.00. The van der Waals surface area contributed by atoms with Gasteiger partial charge in [-0.2, -0.15) is 0 Å². The highest BCUT2D eigenvalue weighted by molar-refractivity contribution is 7.18. The van der Waals surface area contributed by atoms with Gasteiger partial charge >= 0.3 is 0 Å². The highest BCUT2D eigenvalue weighted by Gasteiger charge is 2.28. The second kappa shape index (κ2) is 2.58. The summed E-state index contributed by atoms with van der Waals surface area (Å²) in [5.41, 5.74) is 0. The van der Waals surface area contributed by atoms with Gasteiger partial charge in [0.1, 0.15) is 0 Å². The van der Waals surface area contributed by atoms with Gasteiger partial charge in [-0.05, 0) is 23.9 Å². The summed E-state index contributed by atoms with van der Waals surface area (Å²) in [4.78, 5) is 0. The van der Waals surface area contributed by atoms with Gasteiger partial charge in [-0.3, -0.25) is 0 Å². The van der Waals surface area contributed by atoms with Crippen LogP contribution in [-0.4, -0.2) is 5.16 Å². The van der Waals surface area contributed by atoms with Gasteiger partial charge in [0, 0.05) is 0 Å². The van der Waals surface area contributed by atoms with Crippen molar-refractivity contribution in [3.63, 3.8) is 0 Å². The van der Waals surface area contributed by atoms with Crippen LogP contribution in [0.3, 0.4) is 0 Å². The molecule has 0 spiro atoms. The lowest BCUT2D eigenvalue weighted by Gasteiger charge is -2.35. The van der Waals surface area contributed by atoms with Crippen molar-refractivity contribution in [2.45, 2.75) is 44.7 Å². The molecule has 1 fully saturated rings. The van der Waals surface area contributed by atoms with E-state index in [1.807, 2.05) is 0 Å². The maximum atomic E-state index is 3.00. The second-order valence-corrected chi connectivity index (χ2v) is 4.97. The Morgan fingerprint density at radius 1 is 1.44 bits per heavy atom. The highest BCUT2D eigenvalue weighted by Crippen LogP contribution is 2.39. The van der Waals surface area contributed by atoms with E-state index >= 15 is 0 Å². The van der Waals surface area contributed by atoms with Gasteiger partial charge in [-0.1, -0.05) is 26.7 Å². The Balaban J connectivity index is 2.49. The quantitative estimate of drug-likeness (QED) is 0.458. The van der Waals surface area contributed by atoms with Crippen molar-refractivity contribution in [3.8, 4) is 0 Å². The van der Waals surface area contributed by atoms with Crippen molar-refractivity contribution >= 4 is 9.24 Å². The molecule has 0 aliphatic heterocycles. The molecule has 0 nitrogen and oxygen atoms in total. The third-order valence-electron chi connectivity index (χ3n) is 2.73. The van der Waals surface area contributed by atoms with Crippen molar-refractivity contribution in [1.82, 2.24) is 0 Å². The van der Waals surface area contributed by atoms with Crippen LogP contribution < -0.4 is 0 Å². The van der Waals surface area contributed by atoms with E-state index in [9.17, 15) is 0 Å². The lowest BCUT2D eigenvalue weighted by Crippen LogP contribution is -2.28. The van der Waals surface area contributed by atoms with Crippen LogP contribution in [0.4, 0.5) is 0 Å². The van der Waals surface area contributed by atoms with Gasteiger partial charge < -0.3 is 0 Å². The minimum atomic E-state index is 0.554. The minimum Gasteiger partial charge on any atom is -0.131 e. The van der Waals surface area contributed by atoms with Gasteiger partial charge in [0.05, 0.1) is 0 Å². The summed E-state index contributed by atoms with van der Waals surface area (Å²) >= 11 is 0. The normalized spacial score (nSPS) is 45.0. The summed E-state index contributed by atoms with van der Waals surface area (Å²) in [6, 6.07) is 0. The molecule has 0 amide bonds. The lowest BCUT2D eigenvalue weighted by molar-refractivity contribution is 0.311. The zero-order valence-corrected chi connectivity index (χ0v) is 7.64. The van der Waals surface area contributed by atoms with Crippen molar-refractivity contribution in [2.24, 2.45) is 5.92 Å². The molecule has 1 heteroatoms. The van der Waals surface area contributed by atoms with Crippen LogP contribution >= 0.6 is 9.24 Å². The predicted octanol–water partition coefficient (Wildman–Crippen LogP) is 2.83. The average Bonchev–Trinajstić information content (AvgIpc) is 1.77. The van der Waals surface area contributed by atoms with Crippen molar-refractivity contribution < 1.29 is 0 Å². The summed E-state index contributed by atoms with van der Waals surface area (Å²) < 4.78 is 0. The monoisotopic (exact) mass is 144 g/mol. The Morgan fingerprint density at radius 2 is 2.11 bits per heavy atom. The Labute approximate surface area is 60.6 Å². The zero-order valence-electron chi connectivity index (χ0n) is 6.48. The third-order valence-corrected chi connectivity index (χ3v) is 3.59. The molecule has 1 saturated carbocycles. The van der Waals surface area contributed by atoms with Gasteiger partial charge in [-0.15, -0.1) is 9.24 Å². The lowest BCUT2D eigenvalue weighted by atomic mass is 9.81. The first-order valence-corrected chi connectivity index (χ1v) is 4.49. The molecule has 9 heavy (non-hydrogen) atoms. The summed E-state index contributed by atoms with van der Waals surface area (Å²) in [5.74, 6) is 0.913. The number of hydrogen-bond donors (Lipinski definition) is 0. The molecular weight excluding hydrogens is 127 g/mol. The van der Waals surface area contributed by atoms with Crippen molar-refractivity contribution in [2.75, 3.05) is 0 Å². The molecular formula is C8H17P. The third kappa shape index (κ3) is 1.67. The van der Waals surface area contributed by atoms with Crippen LogP contribution in [-0.2, 0) is 0 Å². The Morgan fingerprint density at radius 3 is 2.44 bits per heavy atom. The molecule has 0 aromatic carbocycles. The van der Waals surface area contributed by atoms with E-state index in [1.54, 1.807) is 0 Å². The topological polar surface area (TPSA) is 0 Å². The fraction of sp³-hybridized carbons (Fsp3) is 1.00. The molecule has 1 unspecified atom stereocenters. The largest absolute Gasteiger partial charge is 0.131 e. The van der Waals surface area contributed by atoms with Crippen LogP contribution in [0.2, 0.25) is 0 Å². The molecule has 0 aromatic heterocycles. The SMILES string of the molecule is C[C@@H]1CCCC[C@]1(C)P. The molecule has 1 aliphatic carbocycles. The van der Waals surface area contributed by atoms with Crippen LogP contribution in [0, 0.1) is 5.92 Å². The van der Waals surface area contributed by atoms with E-state index in [2.05, 4.69) is 23.1 Å². The van der Waals surface area contributed by atoms with Crippen LogP contribution in [0.1, 0.15) is 39.5 Å². The Bertz CT molecular complexity index is 96.7. The molecule has 0 N–H and O–H groups in total. The van der Waals surface area contributed by atoms with Gasteiger partial charge in [0.15, 0.2) is 0 Å². The van der Waals surface area contributed by atoms with E-state index in [0.29, 0.717) is 5.16 Å². The number of hydrogen-bond acceptors (Lipinski definition) is 0. The van der Waals surface area contributed by atoms with Gasteiger partial charge in [0.25, 0.3) is 0 Å². The first kappa shape index (κ1) is 7.54. The highest BCUT2D eigenvalue weighted by atomic mass is 31.0. The molecule has 1 aliphatic rings. The van der Waals surface area contributed by atoms with E-state index in [4.69, 9.17) is 0 Å². The van der Waals surface area contributed by atoms with E-state index in [1.165, 1.54) is 25.7 Å². The summed E-state index contributed by atoms with van der Waals surface area (Å²) in [7, 11) is 3.00. The molecule has 3 atom stereocenters. The Hall–Kier alpha value is 0.430. The van der Waals surface area contributed by atoms with Crippen LogP contribution in [0.5, 0.6) is 0 Å². The van der Waals surface area contributed by atoms with Gasteiger partial charge in [-0.25, -0.2) is 0 Å². The zero-order chi connectivity index (χ0) is 6.91. The molecule has 54 valence electrons. The van der Waals surface area contributed by atoms with Crippen LogP contribution in [0.15, 0.2) is 0 Å². The summed E-state index contributed by atoms with van der Waals surface area (Å²) in [6.45, 7) is 4.73. The van der Waals surface area contributed by atoms with Crippen LogP contribution in [0.25, 0.3) is 0 Å². The predicted molar refractivity (Wildman–Crippen MR) is 45.7 cm³/mol. The fourth-order valence-electron chi connectivity index (χ4n) is 1.53.